The molecule has 0 radical (unpaired) electrons. The highest BCUT2D eigenvalue weighted by atomic mass is 32.1. The van der Waals surface area contributed by atoms with E-state index in [1.165, 1.54) is 37.2 Å². The minimum Gasteiger partial charge on any atom is -0.456 e. The summed E-state index contributed by atoms with van der Waals surface area (Å²) in [5, 5.41) is 3.66. The first kappa shape index (κ1) is 34.6. The van der Waals surface area contributed by atoms with Crippen LogP contribution in [0.25, 0.3) is 59.2 Å². The van der Waals surface area contributed by atoms with E-state index in [1.54, 1.807) is 0 Å². The Morgan fingerprint density at radius 1 is 0.450 bits per heavy atom. The molecule has 60 heavy (non-hydrogen) atoms. The van der Waals surface area contributed by atoms with Gasteiger partial charge in [0, 0.05) is 60.4 Å². The monoisotopic (exact) mass is 786 g/mol. The first-order chi connectivity index (χ1) is 29.7. The molecule has 1 atom stereocenters. The van der Waals surface area contributed by atoms with Gasteiger partial charge in [-0.3, -0.25) is 0 Å². The number of thiophene rings is 1. The Hall–Kier alpha value is -7.40. The van der Waals surface area contributed by atoms with Crippen LogP contribution in [0.1, 0.15) is 23.5 Å². The summed E-state index contributed by atoms with van der Waals surface area (Å²) in [7, 11) is 0. The Morgan fingerprint density at radius 2 is 1.05 bits per heavy atom. The maximum atomic E-state index is 6.16. The lowest BCUT2D eigenvalue weighted by molar-refractivity contribution is 0.669. The van der Waals surface area contributed by atoms with Gasteiger partial charge in [0.25, 0.3) is 0 Å². The zero-order valence-electron chi connectivity index (χ0n) is 32.7. The number of nitrogens with zero attached hydrogens (tertiary/aromatic N) is 2. The summed E-state index contributed by atoms with van der Waals surface area (Å²) in [4.78, 5) is 6.15. The van der Waals surface area contributed by atoms with Crippen molar-refractivity contribution in [3.63, 3.8) is 0 Å². The number of benzene rings is 8. The van der Waals surface area contributed by atoms with Crippen molar-refractivity contribution in [3.8, 4) is 21.6 Å². The van der Waals surface area contributed by atoms with E-state index in [4.69, 9.17) is 4.42 Å². The fraction of sp³-hybridized carbons (Fsp3) is 0.0357. The van der Waals surface area contributed by atoms with E-state index >= 15 is 0 Å². The van der Waals surface area contributed by atoms with Crippen molar-refractivity contribution in [2.24, 2.45) is 0 Å². The highest BCUT2D eigenvalue weighted by molar-refractivity contribution is 7.22. The van der Waals surface area contributed by atoms with Gasteiger partial charge < -0.3 is 14.2 Å². The molecule has 2 aromatic heterocycles. The molecule has 8 aromatic carbocycles. The predicted octanol–water partition coefficient (Wildman–Crippen LogP) is 16.5. The Morgan fingerprint density at radius 3 is 1.83 bits per heavy atom. The molecule has 0 saturated carbocycles. The van der Waals surface area contributed by atoms with Crippen molar-refractivity contribution >= 4 is 83.1 Å². The molecule has 2 heterocycles. The molecule has 1 unspecified atom stereocenters. The molecule has 0 aliphatic heterocycles. The number of anilines is 6. The average Bonchev–Trinajstić information content (AvgIpc) is 3.89. The van der Waals surface area contributed by atoms with E-state index in [0.29, 0.717) is 5.92 Å². The van der Waals surface area contributed by atoms with Gasteiger partial charge in [0.2, 0.25) is 0 Å². The Labute approximate surface area is 353 Å². The van der Waals surface area contributed by atoms with Gasteiger partial charge in [0.05, 0.1) is 0 Å². The summed E-state index contributed by atoms with van der Waals surface area (Å²) in [6, 6.07) is 70.1. The third-order valence-electron chi connectivity index (χ3n) is 12.2. The minimum absolute atomic E-state index is 0.329. The highest BCUT2D eigenvalue weighted by Crippen LogP contribution is 2.56. The van der Waals surface area contributed by atoms with Crippen LogP contribution in [0.4, 0.5) is 34.1 Å². The lowest BCUT2D eigenvalue weighted by Gasteiger charge is -2.33. The minimum atomic E-state index is 0.329. The van der Waals surface area contributed by atoms with E-state index in [9.17, 15) is 0 Å². The number of furan rings is 1. The van der Waals surface area contributed by atoms with Gasteiger partial charge in [0.15, 0.2) is 0 Å². The topological polar surface area (TPSA) is 19.6 Å². The number of fused-ring (bicyclic) bond motifs is 11. The van der Waals surface area contributed by atoms with Gasteiger partial charge >= 0.3 is 0 Å². The quantitative estimate of drug-likeness (QED) is 0.160. The fourth-order valence-electron chi connectivity index (χ4n) is 9.43. The molecule has 0 bridgehead atoms. The second-order valence-electron chi connectivity index (χ2n) is 15.6. The summed E-state index contributed by atoms with van der Waals surface area (Å²) >= 11 is 1.93. The van der Waals surface area contributed by atoms with Crippen molar-refractivity contribution in [2.45, 2.75) is 12.3 Å². The third kappa shape index (κ3) is 5.71. The molecule has 0 fully saturated rings. The second-order valence-corrected chi connectivity index (χ2v) is 16.7. The van der Waals surface area contributed by atoms with Gasteiger partial charge in [0.1, 0.15) is 11.2 Å². The summed E-state index contributed by atoms with van der Waals surface area (Å²) in [6.45, 7) is 0. The highest BCUT2D eigenvalue weighted by Gasteiger charge is 2.33. The van der Waals surface area contributed by atoms with Crippen LogP contribution < -0.4 is 9.80 Å². The molecule has 0 spiro atoms. The summed E-state index contributed by atoms with van der Waals surface area (Å²) in [5.41, 5.74) is 16.2. The molecular weight excluding hydrogens is 749 g/mol. The molecule has 3 nitrogen and oxygen atoms in total. The van der Waals surface area contributed by atoms with Crippen LogP contribution in [0.15, 0.2) is 217 Å². The Bertz CT molecular complexity index is 3260. The number of para-hydroxylation sites is 3. The zero-order valence-corrected chi connectivity index (χ0v) is 33.5. The van der Waals surface area contributed by atoms with Crippen LogP contribution in [0.5, 0.6) is 0 Å². The van der Waals surface area contributed by atoms with Crippen molar-refractivity contribution in [1.82, 2.24) is 0 Å². The van der Waals surface area contributed by atoms with Crippen LogP contribution in [0.3, 0.4) is 0 Å². The number of hydrogen-bond acceptors (Lipinski definition) is 4. The maximum absolute atomic E-state index is 6.16. The normalized spacial score (nSPS) is 14.1. The first-order valence-corrected chi connectivity index (χ1v) is 21.4. The second kappa shape index (κ2) is 14.2. The van der Waals surface area contributed by atoms with Crippen LogP contribution in [-0.4, -0.2) is 0 Å². The largest absolute Gasteiger partial charge is 0.456 e. The lowest BCUT2D eigenvalue weighted by atomic mass is 9.74. The van der Waals surface area contributed by atoms with E-state index in [1.807, 2.05) is 23.5 Å². The Kier molecular flexibility index (Phi) is 8.17. The van der Waals surface area contributed by atoms with Crippen molar-refractivity contribution in [2.75, 3.05) is 9.80 Å². The number of allylic oxidation sites excluding steroid dienone is 4. The predicted molar refractivity (Wildman–Crippen MR) is 254 cm³/mol. The molecule has 2 aliphatic rings. The molecule has 4 heteroatoms. The summed E-state index contributed by atoms with van der Waals surface area (Å²) in [5.74, 6) is 0.329. The van der Waals surface area contributed by atoms with E-state index in [2.05, 4.69) is 210 Å². The molecule has 0 saturated heterocycles. The van der Waals surface area contributed by atoms with Crippen molar-refractivity contribution in [1.29, 1.82) is 0 Å². The van der Waals surface area contributed by atoms with Crippen molar-refractivity contribution < 1.29 is 4.42 Å². The van der Waals surface area contributed by atoms with Gasteiger partial charge in [-0.15, -0.1) is 11.3 Å². The van der Waals surface area contributed by atoms with Crippen LogP contribution in [-0.2, 0) is 0 Å². The number of hydrogen-bond donors (Lipinski definition) is 0. The molecule has 0 N–H and O–H groups in total. The van der Waals surface area contributed by atoms with Crippen LogP contribution in [0, 0.1) is 0 Å². The van der Waals surface area contributed by atoms with E-state index in [0.717, 1.165) is 73.6 Å². The average molecular weight is 787 g/mol. The maximum Gasteiger partial charge on any atom is 0.135 e. The number of rotatable bonds is 7. The molecule has 12 rings (SSSR count). The lowest BCUT2D eigenvalue weighted by Crippen LogP contribution is -2.14. The smallest absolute Gasteiger partial charge is 0.135 e. The third-order valence-corrected chi connectivity index (χ3v) is 13.4. The van der Waals surface area contributed by atoms with Gasteiger partial charge in [-0.25, -0.2) is 0 Å². The van der Waals surface area contributed by atoms with Crippen molar-refractivity contribution in [3.05, 3.63) is 223 Å². The Balaban J connectivity index is 1.02. The van der Waals surface area contributed by atoms with Gasteiger partial charge in [-0.05, 0) is 136 Å². The standard InChI is InChI=1S/C56H38N2OS/c1-3-14-39(15-4-1)57(40-16-5-2-6-17-40)42-18-13-19-43(35-42)58(41-29-26-37(27-30-41)38-28-33-53-51(34-38)46-21-9-11-24-52(46)59-53)44-31-32-48-50(36-44)45-20-7-8-22-47(45)55-49-23-10-12-25-54(49)60-56(48)55/h1-21,23-36,47H,22H2. The SMILES string of the molecule is C1=CCC2C(=C1)c1cc(N(c3ccc(-c4ccc5oc6ccccc6c5c4)cc3)c3cccc(N(c4ccccc4)c4ccccc4)c3)ccc1-c1sc3ccccc3c12. The van der Waals surface area contributed by atoms with Crippen LogP contribution in [0.2, 0.25) is 0 Å². The summed E-state index contributed by atoms with van der Waals surface area (Å²) in [6.07, 6.45) is 7.93. The molecule has 2 aliphatic carbocycles. The zero-order chi connectivity index (χ0) is 39.6. The van der Waals surface area contributed by atoms with E-state index in [-0.39, 0.29) is 0 Å². The molecular formula is C56H38N2OS. The van der Waals surface area contributed by atoms with E-state index < -0.39 is 0 Å². The first-order valence-electron chi connectivity index (χ1n) is 20.6. The molecule has 10 aromatic rings. The van der Waals surface area contributed by atoms with Gasteiger partial charge in [-0.1, -0.05) is 121 Å². The van der Waals surface area contributed by atoms with Gasteiger partial charge in [-0.2, -0.15) is 0 Å². The summed E-state index contributed by atoms with van der Waals surface area (Å²) < 4.78 is 7.52. The molecule has 0 amide bonds. The fourth-order valence-corrected chi connectivity index (χ4v) is 10.7. The van der Waals surface area contributed by atoms with Crippen LogP contribution >= 0.6 is 11.3 Å². The molecule has 284 valence electrons.